The molecule has 2 aromatic rings. The van der Waals surface area contributed by atoms with Crippen molar-refractivity contribution in [3.05, 3.63) is 54.1 Å². The van der Waals surface area contributed by atoms with Gasteiger partial charge in [-0.2, -0.15) is 0 Å². The van der Waals surface area contributed by atoms with Crippen LogP contribution in [0.15, 0.2) is 48.5 Å². The lowest BCUT2D eigenvalue weighted by molar-refractivity contribution is -0.133. The number of fused-ring (bicyclic) bond motifs is 1. The van der Waals surface area contributed by atoms with Crippen LogP contribution in [-0.2, 0) is 20.9 Å². The molecule has 7 heteroatoms. The lowest BCUT2D eigenvalue weighted by atomic mass is 10.1. The maximum atomic E-state index is 13.0. The third kappa shape index (κ3) is 3.31. The van der Waals surface area contributed by atoms with Crippen molar-refractivity contribution in [2.45, 2.75) is 25.4 Å². The van der Waals surface area contributed by atoms with Crippen molar-refractivity contribution in [1.29, 1.82) is 0 Å². The number of hydrogen-bond donors (Lipinski definition) is 1. The molecule has 0 radical (unpaired) electrons. The standard InChI is InChI=1S/C21H21N3O4/c1-23-16-9-5-8-15(20(16)28-13-19(23)26)22-21(27)17-10-11-18(25)24(17)12-14-6-3-2-4-7-14/h2-9,17H,10-13H2,1H3,(H,22,27). The van der Waals surface area contributed by atoms with Crippen molar-refractivity contribution in [3.8, 4) is 5.75 Å². The maximum absolute atomic E-state index is 13.0. The summed E-state index contributed by atoms with van der Waals surface area (Å²) >= 11 is 0. The van der Waals surface area contributed by atoms with Crippen molar-refractivity contribution >= 4 is 29.1 Å². The van der Waals surface area contributed by atoms with E-state index >= 15 is 0 Å². The van der Waals surface area contributed by atoms with Crippen molar-refractivity contribution < 1.29 is 19.1 Å². The van der Waals surface area contributed by atoms with E-state index in [1.54, 1.807) is 30.1 Å². The fraction of sp³-hybridized carbons (Fsp3) is 0.286. The largest absolute Gasteiger partial charge is 0.479 e. The van der Waals surface area contributed by atoms with Crippen molar-refractivity contribution in [2.75, 3.05) is 23.9 Å². The van der Waals surface area contributed by atoms with E-state index in [1.807, 2.05) is 30.3 Å². The van der Waals surface area contributed by atoms with Crippen LogP contribution in [0.3, 0.4) is 0 Å². The molecule has 1 saturated heterocycles. The van der Waals surface area contributed by atoms with Crippen LogP contribution in [0, 0.1) is 0 Å². The predicted octanol–water partition coefficient (Wildman–Crippen LogP) is 2.17. The molecule has 4 rings (SSSR count). The average Bonchev–Trinajstić information content (AvgIpc) is 3.06. The first-order valence-corrected chi connectivity index (χ1v) is 9.21. The molecule has 2 aliphatic rings. The number of hydrogen-bond acceptors (Lipinski definition) is 4. The van der Waals surface area contributed by atoms with Gasteiger partial charge in [-0.15, -0.1) is 0 Å². The number of likely N-dealkylation sites (N-methyl/N-ethyl adjacent to an activating group) is 1. The molecule has 3 amide bonds. The van der Waals surface area contributed by atoms with Gasteiger partial charge in [0, 0.05) is 20.0 Å². The van der Waals surface area contributed by atoms with E-state index in [0.29, 0.717) is 36.5 Å². The molecule has 2 aromatic carbocycles. The van der Waals surface area contributed by atoms with E-state index < -0.39 is 6.04 Å². The van der Waals surface area contributed by atoms with Crippen LogP contribution < -0.4 is 15.0 Å². The summed E-state index contributed by atoms with van der Waals surface area (Å²) in [4.78, 5) is 40.2. The highest BCUT2D eigenvalue weighted by atomic mass is 16.5. The minimum absolute atomic E-state index is 0.0272. The third-order valence-corrected chi connectivity index (χ3v) is 5.15. The van der Waals surface area contributed by atoms with Gasteiger partial charge in [-0.25, -0.2) is 0 Å². The minimum atomic E-state index is -0.536. The van der Waals surface area contributed by atoms with Gasteiger partial charge in [0.05, 0.1) is 11.4 Å². The number of benzene rings is 2. The van der Waals surface area contributed by atoms with E-state index in [1.165, 1.54) is 4.90 Å². The Balaban J connectivity index is 1.53. The molecule has 0 bridgehead atoms. The minimum Gasteiger partial charge on any atom is -0.479 e. The van der Waals surface area contributed by atoms with Crippen LogP contribution in [0.1, 0.15) is 18.4 Å². The van der Waals surface area contributed by atoms with E-state index in [0.717, 1.165) is 5.56 Å². The summed E-state index contributed by atoms with van der Waals surface area (Å²) in [5.74, 6) is 0.0438. The Morgan fingerprint density at radius 3 is 2.68 bits per heavy atom. The number of likely N-dealkylation sites (tertiary alicyclic amines) is 1. The molecule has 0 saturated carbocycles. The predicted molar refractivity (Wildman–Crippen MR) is 104 cm³/mol. The number of anilines is 2. The second-order valence-corrected chi connectivity index (χ2v) is 6.95. The van der Waals surface area contributed by atoms with E-state index in [-0.39, 0.29) is 24.3 Å². The van der Waals surface area contributed by atoms with E-state index in [2.05, 4.69) is 5.32 Å². The molecule has 7 nitrogen and oxygen atoms in total. The Morgan fingerprint density at radius 1 is 1.11 bits per heavy atom. The van der Waals surface area contributed by atoms with Crippen LogP contribution >= 0.6 is 0 Å². The monoisotopic (exact) mass is 379 g/mol. The van der Waals surface area contributed by atoms with Gasteiger partial charge in [0.2, 0.25) is 11.8 Å². The first-order chi connectivity index (χ1) is 13.5. The molecule has 1 fully saturated rings. The summed E-state index contributed by atoms with van der Waals surface area (Å²) in [5.41, 5.74) is 2.09. The number of nitrogens with one attached hydrogen (secondary N) is 1. The zero-order valence-electron chi connectivity index (χ0n) is 15.6. The number of amides is 3. The van der Waals surface area contributed by atoms with Gasteiger partial charge < -0.3 is 19.9 Å². The second-order valence-electron chi connectivity index (χ2n) is 6.95. The normalized spacial score (nSPS) is 18.7. The van der Waals surface area contributed by atoms with Gasteiger partial charge in [0.15, 0.2) is 12.4 Å². The molecule has 0 spiro atoms. The molecule has 1 N–H and O–H groups in total. The number of ether oxygens (including phenoxy) is 1. The van der Waals surface area contributed by atoms with Crippen LogP contribution in [-0.4, -0.2) is 42.3 Å². The fourth-order valence-electron chi connectivity index (χ4n) is 3.60. The summed E-state index contributed by atoms with van der Waals surface area (Å²) < 4.78 is 5.56. The summed E-state index contributed by atoms with van der Waals surface area (Å²) in [6, 6.07) is 14.3. The molecule has 2 aliphatic heterocycles. The zero-order chi connectivity index (χ0) is 19.7. The lowest BCUT2D eigenvalue weighted by Gasteiger charge is -2.28. The molecule has 1 atom stereocenters. The van der Waals surface area contributed by atoms with Crippen molar-refractivity contribution in [3.63, 3.8) is 0 Å². The Hall–Kier alpha value is -3.35. The highest BCUT2D eigenvalue weighted by molar-refractivity contribution is 6.03. The van der Waals surface area contributed by atoms with Crippen LogP contribution in [0.4, 0.5) is 11.4 Å². The quantitative estimate of drug-likeness (QED) is 0.883. The summed E-state index contributed by atoms with van der Waals surface area (Å²) in [6.07, 6.45) is 0.831. The van der Waals surface area contributed by atoms with Gasteiger partial charge in [-0.3, -0.25) is 14.4 Å². The maximum Gasteiger partial charge on any atom is 0.264 e. The summed E-state index contributed by atoms with van der Waals surface area (Å²) in [7, 11) is 1.67. The number of rotatable bonds is 4. The number of nitrogens with zero attached hydrogens (tertiary/aromatic N) is 2. The van der Waals surface area contributed by atoms with Crippen LogP contribution in [0.2, 0.25) is 0 Å². The number of carbonyl (C=O) groups excluding carboxylic acids is 3. The first-order valence-electron chi connectivity index (χ1n) is 9.21. The Labute approximate surface area is 162 Å². The molecule has 0 aromatic heterocycles. The smallest absolute Gasteiger partial charge is 0.264 e. The molecular weight excluding hydrogens is 358 g/mol. The lowest BCUT2D eigenvalue weighted by Crippen LogP contribution is -2.41. The Kier molecular flexibility index (Phi) is 4.73. The molecule has 0 aliphatic carbocycles. The zero-order valence-corrected chi connectivity index (χ0v) is 15.6. The molecule has 1 unspecified atom stereocenters. The SMILES string of the molecule is CN1C(=O)COc2c(NC(=O)C3CCC(=O)N3Cc3ccccc3)cccc21. The summed E-state index contributed by atoms with van der Waals surface area (Å²) in [5, 5.41) is 2.89. The summed E-state index contributed by atoms with van der Waals surface area (Å²) in [6.45, 7) is 0.330. The van der Waals surface area contributed by atoms with Gasteiger partial charge >= 0.3 is 0 Å². The van der Waals surface area contributed by atoms with Gasteiger partial charge in [-0.1, -0.05) is 36.4 Å². The highest BCUT2D eigenvalue weighted by Gasteiger charge is 2.36. The topological polar surface area (TPSA) is 79.0 Å². The highest BCUT2D eigenvalue weighted by Crippen LogP contribution is 2.38. The molecule has 2 heterocycles. The van der Waals surface area contributed by atoms with Gasteiger partial charge in [0.1, 0.15) is 6.04 Å². The average molecular weight is 379 g/mol. The first kappa shape index (κ1) is 18.0. The third-order valence-electron chi connectivity index (χ3n) is 5.15. The van der Waals surface area contributed by atoms with Crippen LogP contribution in [0.5, 0.6) is 5.75 Å². The van der Waals surface area contributed by atoms with Crippen molar-refractivity contribution in [2.24, 2.45) is 0 Å². The van der Waals surface area contributed by atoms with E-state index in [9.17, 15) is 14.4 Å². The number of para-hydroxylation sites is 1. The number of carbonyl (C=O) groups is 3. The molecule has 28 heavy (non-hydrogen) atoms. The van der Waals surface area contributed by atoms with Gasteiger partial charge in [0.25, 0.3) is 5.91 Å². The molecular formula is C21H21N3O4. The Bertz CT molecular complexity index is 929. The second kappa shape index (κ2) is 7.34. The Morgan fingerprint density at radius 2 is 1.89 bits per heavy atom. The fourth-order valence-corrected chi connectivity index (χ4v) is 3.60. The van der Waals surface area contributed by atoms with E-state index in [4.69, 9.17) is 4.74 Å². The van der Waals surface area contributed by atoms with Crippen molar-refractivity contribution in [1.82, 2.24) is 4.90 Å². The van der Waals surface area contributed by atoms with Gasteiger partial charge in [-0.05, 0) is 24.1 Å². The van der Waals surface area contributed by atoms with Crippen LogP contribution in [0.25, 0.3) is 0 Å². The molecule has 144 valence electrons.